The standard InChI is InChI=1S/C17H29NO2/c1-4-15(2)16-7-9-17(10-8-16)20-14-6-12-18-11-5-13-19-3/h7-10,15,18H,4-6,11-14H2,1-3H3/p+1/t15-/m0/s1. The third-order valence-electron chi connectivity index (χ3n) is 3.64. The second kappa shape index (κ2) is 10.7. The topological polar surface area (TPSA) is 35.1 Å². The predicted octanol–water partition coefficient (Wildman–Crippen LogP) is 2.57. The van der Waals surface area contributed by atoms with Gasteiger partial charge in [0.05, 0.1) is 26.3 Å². The zero-order valence-corrected chi connectivity index (χ0v) is 13.2. The molecule has 1 aromatic rings. The van der Waals surface area contributed by atoms with Crippen LogP contribution in [0.25, 0.3) is 0 Å². The van der Waals surface area contributed by atoms with Crippen molar-refractivity contribution in [3.63, 3.8) is 0 Å². The second-order valence-electron chi connectivity index (χ2n) is 5.29. The minimum absolute atomic E-state index is 0.630. The van der Waals surface area contributed by atoms with Gasteiger partial charge in [-0.05, 0) is 30.0 Å². The molecule has 0 amide bonds. The Bertz CT molecular complexity index is 337. The monoisotopic (exact) mass is 280 g/mol. The third-order valence-corrected chi connectivity index (χ3v) is 3.64. The van der Waals surface area contributed by atoms with Crippen LogP contribution in [-0.4, -0.2) is 33.4 Å². The summed E-state index contributed by atoms with van der Waals surface area (Å²) in [6.07, 6.45) is 3.38. The van der Waals surface area contributed by atoms with E-state index in [2.05, 4.69) is 43.4 Å². The van der Waals surface area contributed by atoms with Gasteiger partial charge in [-0.15, -0.1) is 0 Å². The molecule has 114 valence electrons. The summed E-state index contributed by atoms with van der Waals surface area (Å²) < 4.78 is 10.8. The molecule has 0 heterocycles. The van der Waals surface area contributed by atoms with E-state index in [1.165, 1.54) is 12.0 Å². The van der Waals surface area contributed by atoms with Crippen molar-refractivity contribution in [2.24, 2.45) is 0 Å². The van der Waals surface area contributed by atoms with Crippen LogP contribution in [0.4, 0.5) is 0 Å². The molecule has 3 heteroatoms. The molecule has 0 spiro atoms. The van der Waals surface area contributed by atoms with Gasteiger partial charge in [-0.25, -0.2) is 0 Å². The summed E-state index contributed by atoms with van der Waals surface area (Å²) >= 11 is 0. The van der Waals surface area contributed by atoms with Crippen LogP contribution >= 0.6 is 0 Å². The average molecular weight is 280 g/mol. The fourth-order valence-electron chi connectivity index (χ4n) is 2.06. The smallest absolute Gasteiger partial charge is 0.119 e. The highest BCUT2D eigenvalue weighted by Gasteiger charge is 2.02. The Morgan fingerprint density at radius 1 is 1.05 bits per heavy atom. The highest BCUT2D eigenvalue weighted by Crippen LogP contribution is 2.21. The van der Waals surface area contributed by atoms with Gasteiger partial charge in [0, 0.05) is 20.0 Å². The summed E-state index contributed by atoms with van der Waals surface area (Å²) in [4.78, 5) is 0. The molecule has 0 aliphatic carbocycles. The van der Waals surface area contributed by atoms with Crippen molar-refractivity contribution < 1.29 is 14.8 Å². The lowest BCUT2D eigenvalue weighted by Crippen LogP contribution is -2.84. The Balaban J connectivity index is 2.10. The van der Waals surface area contributed by atoms with Crippen molar-refractivity contribution in [1.82, 2.24) is 0 Å². The molecule has 0 aliphatic heterocycles. The molecule has 20 heavy (non-hydrogen) atoms. The van der Waals surface area contributed by atoms with Crippen molar-refractivity contribution in [1.29, 1.82) is 0 Å². The molecule has 0 bridgehead atoms. The first-order valence-corrected chi connectivity index (χ1v) is 7.81. The van der Waals surface area contributed by atoms with E-state index >= 15 is 0 Å². The maximum absolute atomic E-state index is 5.76. The van der Waals surface area contributed by atoms with E-state index in [1.807, 2.05) is 0 Å². The van der Waals surface area contributed by atoms with Gasteiger partial charge < -0.3 is 14.8 Å². The number of hydrogen-bond donors (Lipinski definition) is 1. The molecular formula is C17H30NO2+. The lowest BCUT2D eigenvalue weighted by molar-refractivity contribution is -0.655. The SMILES string of the molecule is CC[C@H](C)c1ccc(OCCC[NH2+]CCCOC)cc1. The minimum Gasteiger partial charge on any atom is -0.493 e. The maximum atomic E-state index is 5.76. The Morgan fingerprint density at radius 2 is 1.70 bits per heavy atom. The van der Waals surface area contributed by atoms with Gasteiger partial charge in [0.15, 0.2) is 0 Å². The Hall–Kier alpha value is -1.06. The van der Waals surface area contributed by atoms with E-state index in [-0.39, 0.29) is 0 Å². The van der Waals surface area contributed by atoms with E-state index in [1.54, 1.807) is 7.11 Å². The van der Waals surface area contributed by atoms with E-state index in [0.717, 1.165) is 44.9 Å². The summed E-state index contributed by atoms with van der Waals surface area (Å²) in [6, 6.07) is 8.54. The quantitative estimate of drug-likeness (QED) is 0.632. The number of quaternary nitrogens is 1. The van der Waals surface area contributed by atoms with Gasteiger partial charge in [0.2, 0.25) is 0 Å². The summed E-state index contributed by atoms with van der Waals surface area (Å²) in [5, 5.41) is 2.33. The number of rotatable bonds is 11. The number of methoxy groups -OCH3 is 1. The van der Waals surface area contributed by atoms with E-state index < -0.39 is 0 Å². The zero-order chi connectivity index (χ0) is 14.6. The first kappa shape index (κ1) is 17.0. The van der Waals surface area contributed by atoms with Gasteiger partial charge in [-0.3, -0.25) is 0 Å². The third kappa shape index (κ3) is 6.92. The zero-order valence-electron chi connectivity index (χ0n) is 13.2. The molecular weight excluding hydrogens is 250 g/mol. The molecule has 3 nitrogen and oxygen atoms in total. The molecule has 0 fully saturated rings. The van der Waals surface area contributed by atoms with E-state index in [0.29, 0.717) is 5.92 Å². The lowest BCUT2D eigenvalue weighted by atomic mass is 9.99. The number of benzene rings is 1. The second-order valence-corrected chi connectivity index (χ2v) is 5.29. The van der Waals surface area contributed by atoms with Crippen LogP contribution in [0.1, 0.15) is 44.6 Å². The van der Waals surface area contributed by atoms with E-state index in [9.17, 15) is 0 Å². The van der Waals surface area contributed by atoms with Crippen LogP contribution < -0.4 is 10.1 Å². The fraction of sp³-hybridized carbons (Fsp3) is 0.647. The number of hydrogen-bond acceptors (Lipinski definition) is 2. The molecule has 0 saturated heterocycles. The molecule has 0 aliphatic rings. The van der Waals surface area contributed by atoms with Crippen LogP contribution in [-0.2, 0) is 4.74 Å². The van der Waals surface area contributed by atoms with Gasteiger partial charge in [0.25, 0.3) is 0 Å². The molecule has 1 atom stereocenters. The highest BCUT2D eigenvalue weighted by molar-refractivity contribution is 5.29. The van der Waals surface area contributed by atoms with Crippen molar-refractivity contribution in [3.05, 3.63) is 29.8 Å². The lowest BCUT2D eigenvalue weighted by Gasteiger charge is -2.10. The predicted molar refractivity (Wildman–Crippen MR) is 83.4 cm³/mol. The van der Waals surface area contributed by atoms with Crippen molar-refractivity contribution >= 4 is 0 Å². The Morgan fingerprint density at radius 3 is 2.30 bits per heavy atom. The maximum Gasteiger partial charge on any atom is 0.119 e. The largest absolute Gasteiger partial charge is 0.493 e. The molecule has 1 aromatic carbocycles. The summed E-state index contributed by atoms with van der Waals surface area (Å²) in [5.41, 5.74) is 1.39. The summed E-state index contributed by atoms with van der Waals surface area (Å²) in [7, 11) is 1.75. The van der Waals surface area contributed by atoms with Gasteiger partial charge in [0.1, 0.15) is 5.75 Å². The van der Waals surface area contributed by atoms with Gasteiger partial charge in [-0.2, -0.15) is 0 Å². The van der Waals surface area contributed by atoms with E-state index in [4.69, 9.17) is 9.47 Å². The molecule has 0 aromatic heterocycles. The minimum atomic E-state index is 0.630. The fourth-order valence-corrected chi connectivity index (χ4v) is 2.06. The van der Waals surface area contributed by atoms with Crippen LogP contribution in [0.2, 0.25) is 0 Å². The Kier molecular flexibility index (Phi) is 9.09. The normalized spacial score (nSPS) is 12.3. The molecule has 0 saturated carbocycles. The molecule has 0 radical (unpaired) electrons. The van der Waals surface area contributed by atoms with Crippen LogP contribution in [0.15, 0.2) is 24.3 Å². The molecule has 1 rings (SSSR count). The number of ether oxygens (including phenoxy) is 2. The van der Waals surface area contributed by atoms with Crippen molar-refractivity contribution in [2.75, 3.05) is 33.4 Å². The van der Waals surface area contributed by atoms with Crippen molar-refractivity contribution in [2.45, 2.75) is 39.0 Å². The number of nitrogens with two attached hydrogens (primary N) is 1. The Labute approximate surface area is 123 Å². The molecule has 0 unspecified atom stereocenters. The van der Waals surface area contributed by atoms with Crippen LogP contribution in [0.5, 0.6) is 5.75 Å². The van der Waals surface area contributed by atoms with Crippen molar-refractivity contribution in [3.8, 4) is 5.75 Å². The van der Waals surface area contributed by atoms with Crippen LogP contribution in [0, 0.1) is 0 Å². The first-order chi connectivity index (χ1) is 9.77. The summed E-state index contributed by atoms with van der Waals surface area (Å²) in [6.45, 7) is 8.39. The van der Waals surface area contributed by atoms with Gasteiger partial charge in [-0.1, -0.05) is 26.0 Å². The first-order valence-electron chi connectivity index (χ1n) is 7.81. The van der Waals surface area contributed by atoms with Crippen LogP contribution in [0.3, 0.4) is 0 Å². The molecule has 2 N–H and O–H groups in total. The summed E-state index contributed by atoms with van der Waals surface area (Å²) in [5.74, 6) is 1.61. The average Bonchev–Trinajstić information content (AvgIpc) is 2.50. The van der Waals surface area contributed by atoms with Gasteiger partial charge >= 0.3 is 0 Å². The highest BCUT2D eigenvalue weighted by atomic mass is 16.5.